The standard InChI is InChI=1S/C44H47N3O5/c1-31-41(29-47-24-6-3-7-25-47)51-43(52-42(31)34-18-16-32(30-48)17-19-34)37-13-9-12-36(27-37)35-11-8-10-33(26-35)28-45-44(49)46-38-20-22-40(23-21-38)50-39-14-4-2-5-15-39/h2,4-5,8-23,26-27,31,41-43,48H,3,6-7,24-25,28-30H2,1H3,(H2,45,46,49). The molecule has 4 unspecified atom stereocenters. The van der Waals surface area contributed by atoms with Gasteiger partial charge in [0.1, 0.15) is 11.5 Å². The number of rotatable bonds is 11. The molecule has 2 fully saturated rings. The van der Waals surface area contributed by atoms with Crippen molar-refractivity contribution in [3.05, 3.63) is 150 Å². The second-order valence-electron chi connectivity index (χ2n) is 13.8. The highest BCUT2D eigenvalue weighted by atomic mass is 16.7. The molecule has 0 aromatic heterocycles. The fraction of sp³-hybridized carbons (Fsp3) is 0.295. The molecule has 52 heavy (non-hydrogen) atoms. The van der Waals surface area contributed by atoms with Crippen LogP contribution in [0.15, 0.2) is 127 Å². The SMILES string of the molecule is CC1C(CN2CCCCC2)OC(c2cccc(-c3cccc(CNC(=O)Nc4ccc(Oc5ccccc5)cc4)c3)c2)OC1c1ccc(CO)cc1. The van der Waals surface area contributed by atoms with Gasteiger partial charge in [-0.1, -0.05) is 92.2 Å². The fourth-order valence-corrected chi connectivity index (χ4v) is 7.04. The normalized spacial score (nSPS) is 20.6. The summed E-state index contributed by atoms with van der Waals surface area (Å²) in [6, 6.07) is 41.2. The van der Waals surface area contributed by atoms with Crippen molar-refractivity contribution >= 4 is 11.7 Å². The van der Waals surface area contributed by atoms with E-state index in [4.69, 9.17) is 14.2 Å². The van der Waals surface area contributed by atoms with Crippen molar-refractivity contribution in [3.8, 4) is 22.6 Å². The van der Waals surface area contributed by atoms with E-state index >= 15 is 0 Å². The second-order valence-corrected chi connectivity index (χ2v) is 13.8. The third-order valence-corrected chi connectivity index (χ3v) is 9.97. The highest BCUT2D eigenvalue weighted by molar-refractivity contribution is 5.89. The molecule has 268 valence electrons. The maximum Gasteiger partial charge on any atom is 0.319 e. The maximum absolute atomic E-state index is 12.8. The van der Waals surface area contributed by atoms with Crippen molar-refractivity contribution in [1.29, 1.82) is 0 Å². The van der Waals surface area contributed by atoms with Crippen molar-refractivity contribution in [1.82, 2.24) is 10.2 Å². The molecular weight excluding hydrogens is 651 g/mol. The van der Waals surface area contributed by atoms with Crippen molar-refractivity contribution in [2.45, 2.75) is 57.8 Å². The van der Waals surface area contributed by atoms with E-state index in [0.29, 0.717) is 18.0 Å². The Morgan fingerprint density at radius 3 is 2.21 bits per heavy atom. The molecule has 2 amide bonds. The van der Waals surface area contributed by atoms with Crippen LogP contribution in [0, 0.1) is 5.92 Å². The molecule has 0 aliphatic carbocycles. The van der Waals surface area contributed by atoms with E-state index in [-0.39, 0.29) is 30.8 Å². The first-order chi connectivity index (χ1) is 25.5. The van der Waals surface area contributed by atoms with Gasteiger partial charge in [0.15, 0.2) is 6.29 Å². The minimum absolute atomic E-state index is 0.00383. The molecule has 5 aromatic rings. The molecule has 8 heteroatoms. The van der Waals surface area contributed by atoms with E-state index in [1.165, 1.54) is 19.3 Å². The lowest BCUT2D eigenvalue weighted by atomic mass is 9.89. The van der Waals surface area contributed by atoms with E-state index in [0.717, 1.165) is 58.8 Å². The average molecular weight is 698 g/mol. The lowest BCUT2D eigenvalue weighted by Crippen LogP contribution is -2.45. The van der Waals surface area contributed by atoms with Gasteiger partial charge in [-0.3, -0.25) is 0 Å². The Morgan fingerprint density at radius 2 is 1.46 bits per heavy atom. The first kappa shape index (κ1) is 35.4. The number of carbonyl (C=O) groups is 1. The summed E-state index contributed by atoms with van der Waals surface area (Å²) >= 11 is 0. The number of anilines is 1. The van der Waals surface area contributed by atoms with Crippen LogP contribution in [-0.2, 0) is 22.6 Å². The third kappa shape index (κ3) is 9.08. The molecule has 4 atom stereocenters. The smallest absolute Gasteiger partial charge is 0.319 e. The number of amides is 2. The fourth-order valence-electron chi connectivity index (χ4n) is 7.04. The number of nitrogens with zero attached hydrogens (tertiary/aromatic N) is 1. The first-order valence-electron chi connectivity index (χ1n) is 18.3. The van der Waals surface area contributed by atoms with Crippen LogP contribution >= 0.6 is 0 Å². The molecule has 3 N–H and O–H groups in total. The third-order valence-electron chi connectivity index (χ3n) is 9.97. The van der Waals surface area contributed by atoms with Crippen molar-refractivity contribution < 1.29 is 24.1 Å². The number of likely N-dealkylation sites (tertiary alicyclic amines) is 1. The average Bonchev–Trinajstić information content (AvgIpc) is 3.20. The highest BCUT2D eigenvalue weighted by Gasteiger charge is 2.39. The Balaban J connectivity index is 1.01. The summed E-state index contributed by atoms with van der Waals surface area (Å²) in [6.45, 7) is 5.70. The number of benzene rings is 5. The summed E-state index contributed by atoms with van der Waals surface area (Å²) in [6.07, 6.45) is 3.08. The molecular formula is C44H47N3O5. The van der Waals surface area contributed by atoms with E-state index < -0.39 is 6.29 Å². The number of aliphatic hydroxyl groups excluding tert-OH is 1. The van der Waals surface area contributed by atoms with Gasteiger partial charge in [0.2, 0.25) is 0 Å². The van der Waals surface area contributed by atoms with Crippen LogP contribution in [0.2, 0.25) is 0 Å². The lowest BCUT2D eigenvalue weighted by Gasteiger charge is -2.43. The number of hydrogen-bond donors (Lipinski definition) is 3. The van der Waals surface area contributed by atoms with E-state index in [1.54, 1.807) is 0 Å². The molecule has 0 bridgehead atoms. The zero-order valence-corrected chi connectivity index (χ0v) is 29.6. The molecule has 0 saturated carbocycles. The minimum Gasteiger partial charge on any atom is -0.457 e. The van der Waals surface area contributed by atoms with Crippen molar-refractivity contribution in [3.63, 3.8) is 0 Å². The van der Waals surface area contributed by atoms with Crippen LogP contribution in [0.5, 0.6) is 11.5 Å². The molecule has 0 radical (unpaired) electrons. The Hall–Kier alpha value is -4.99. The number of ether oxygens (including phenoxy) is 3. The predicted molar refractivity (Wildman–Crippen MR) is 204 cm³/mol. The summed E-state index contributed by atoms with van der Waals surface area (Å²) in [5.74, 6) is 1.60. The zero-order valence-electron chi connectivity index (χ0n) is 29.6. The zero-order chi connectivity index (χ0) is 35.7. The molecule has 2 aliphatic heterocycles. The van der Waals surface area contributed by atoms with Crippen molar-refractivity contribution in [2.24, 2.45) is 5.92 Å². The summed E-state index contributed by atoms with van der Waals surface area (Å²) in [5, 5.41) is 15.5. The van der Waals surface area contributed by atoms with Gasteiger partial charge in [-0.15, -0.1) is 0 Å². The second kappa shape index (κ2) is 17.0. The van der Waals surface area contributed by atoms with Gasteiger partial charge >= 0.3 is 6.03 Å². The van der Waals surface area contributed by atoms with Gasteiger partial charge in [-0.2, -0.15) is 0 Å². The molecule has 5 aromatic carbocycles. The molecule has 2 aliphatic rings. The van der Waals surface area contributed by atoms with Gasteiger partial charge in [-0.25, -0.2) is 4.79 Å². The van der Waals surface area contributed by atoms with Gasteiger partial charge in [0.25, 0.3) is 0 Å². The Bertz CT molecular complexity index is 1890. The van der Waals surface area contributed by atoms with Crippen molar-refractivity contribution in [2.75, 3.05) is 25.0 Å². The molecule has 8 nitrogen and oxygen atoms in total. The van der Waals surface area contributed by atoms with E-state index in [9.17, 15) is 9.90 Å². The maximum atomic E-state index is 12.8. The van der Waals surface area contributed by atoms with Gasteiger partial charge < -0.3 is 34.9 Å². The largest absolute Gasteiger partial charge is 0.457 e. The number of urea groups is 1. The summed E-state index contributed by atoms with van der Waals surface area (Å²) in [5.41, 5.74) is 6.69. The van der Waals surface area contributed by atoms with Crippen LogP contribution in [0.3, 0.4) is 0 Å². The lowest BCUT2D eigenvalue weighted by molar-refractivity contribution is -0.276. The summed E-state index contributed by atoms with van der Waals surface area (Å²) in [7, 11) is 0. The predicted octanol–water partition coefficient (Wildman–Crippen LogP) is 9.24. The molecule has 7 rings (SSSR count). The van der Waals surface area contributed by atoms with Crippen LogP contribution < -0.4 is 15.4 Å². The number of hydrogen-bond acceptors (Lipinski definition) is 6. The highest BCUT2D eigenvalue weighted by Crippen LogP contribution is 2.42. The van der Waals surface area contributed by atoms with Gasteiger partial charge in [0, 0.05) is 30.3 Å². The Morgan fingerprint density at radius 1 is 0.750 bits per heavy atom. The monoisotopic (exact) mass is 697 g/mol. The number of nitrogens with one attached hydrogen (secondary N) is 2. The molecule has 2 saturated heterocycles. The Labute approximate surface area is 306 Å². The first-order valence-corrected chi connectivity index (χ1v) is 18.3. The number of carbonyl (C=O) groups excluding carboxylic acids is 1. The molecule has 0 spiro atoms. The summed E-state index contributed by atoms with van der Waals surface area (Å²) < 4.78 is 19.4. The van der Waals surface area contributed by atoms with Gasteiger partial charge in [0.05, 0.1) is 18.8 Å². The Kier molecular flexibility index (Phi) is 11.6. The quantitative estimate of drug-likeness (QED) is 0.128. The molecule has 2 heterocycles. The number of piperidine rings is 1. The van der Waals surface area contributed by atoms with Crippen LogP contribution in [0.1, 0.15) is 60.8 Å². The van der Waals surface area contributed by atoms with E-state index in [2.05, 4.69) is 71.0 Å². The van der Waals surface area contributed by atoms with Gasteiger partial charge in [-0.05, 0) is 102 Å². The van der Waals surface area contributed by atoms with Crippen LogP contribution in [0.25, 0.3) is 11.1 Å². The van der Waals surface area contributed by atoms with Crippen LogP contribution in [0.4, 0.5) is 10.5 Å². The minimum atomic E-state index is -0.527. The number of aliphatic hydroxyl groups is 1. The van der Waals surface area contributed by atoms with Crippen LogP contribution in [-0.4, -0.2) is 41.8 Å². The summed E-state index contributed by atoms with van der Waals surface area (Å²) in [4.78, 5) is 15.3. The van der Waals surface area contributed by atoms with E-state index in [1.807, 2.05) is 78.9 Å². The number of para-hydroxylation sites is 1. The topological polar surface area (TPSA) is 92.3 Å².